The summed E-state index contributed by atoms with van der Waals surface area (Å²) in [5, 5.41) is 2.77. The maximum Gasteiger partial charge on any atom is 0.254 e. The van der Waals surface area contributed by atoms with E-state index in [9.17, 15) is 9.18 Å². The van der Waals surface area contributed by atoms with Crippen molar-refractivity contribution in [1.29, 1.82) is 0 Å². The van der Waals surface area contributed by atoms with Crippen LogP contribution in [0.25, 0.3) is 0 Å². The minimum atomic E-state index is -0.494. The number of carbonyl (C=O) groups is 1. The second-order valence-corrected chi connectivity index (χ2v) is 6.32. The van der Waals surface area contributed by atoms with E-state index >= 15 is 0 Å². The Morgan fingerprint density at radius 1 is 0.958 bits per heavy atom. The van der Waals surface area contributed by atoms with Gasteiger partial charge in [-0.15, -0.1) is 0 Å². The molecule has 3 nitrogen and oxygen atoms in total. The molecule has 0 unspecified atom stereocenters. The highest BCUT2D eigenvalue weighted by atomic mass is 19.1. The largest absolute Gasteiger partial charge is 0.348 e. The number of nitrogens with one attached hydrogen (secondary N) is 1. The molecule has 0 saturated carbocycles. The molecule has 1 N–H and O–H groups in total. The molecule has 1 saturated heterocycles. The zero-order valence-electron chi connectivity index (χ0n) is 13.8. The number of hydrogen-bond donors (Lipinski definition) is 1. The summed E-state index contributed by atoms with van der Waals surface area (Å²) in [7, 11) is 0. The summed E-state index contributed by atoms with van der Waals surface area (Å²) in [4.78, 5) is 14.5. The van der Waals surface area contributed by atoms with Crippen molar-refractivity contribution in [3.63, 3.8) is 0 Å². The Balaban J connectivity index is 1.52. The Morgan fingerprint density at radius 2 is 1.62 bits per heavy atom. The van der Waals surface area contributed by atoms with E-state index in [1.54, 1.807) is 12.1 Å². The second-order valence-electron chi connectivity index (χ2n) is 6.32. The third-order valence-electron chi connectivity index (χ3n) is 4.45. The van der Waals surface area contributed by atoms with Gasteiger partial charge in [-0.25, -0.2) is 4.39 Å². The average molecular weight is 326 g/mol. The van der Waals surface area contributed by atoms with Crippen LogP contribution in [0.15, 0.2) is 48.5 Å². The molecule has 0 aromatic heterocycles. The van der Waals surface area contributed by atoms with Gasteiger partial charge in [-0.1, -0.05) is 42.8 Å². The SMILES string of the molecule is O=C(NCc1ccc(CN2CCCCC2)cc1)c1ccccc1F. The highest BCUT2D eigenvalue weighted by Crippen LogP contribution is 2.14. The van der Waals surface area contributed by atoms with E-state index in [1.165, 1.54) is 50.0 Å². The quantitative estimate of drug-likeness (QED) is 0.908. The first-order valence-corrected chi connectivity index (χ1v) is 8.55. The average Bonchev–Trinajstić information content (AvgIpc) is 2.62. The minimum absolute atomic E-state index is 0.0826. The van der Waals surface area contributed by atoms with Crippen molar-refractivity contribution in [2.75, 3.05) is 13.1 Å². The van der Waals surface area contributed by atoms with Crippen LogP contribution < -0.4 is 5.32 Å². The van der Waals surface area contributed by atoms with Crippen molar-refractivity contribution in [1.82, 2.24) is 10.2 Å². The molecule has 0 bridgehead atoms. The summed E-state index contributed by atoms with van der Waals surface area (Å²) in [6.45, 7) is 3.75. The van der Waals surface area contributed by atoms with Crippen LogP contribution in [-0.2, 0) is 13.1 Å². The molecule has 0 spiro atoms. The van der Waals surface area contributed by atoms with Gasteiger partial charge in [0.25, 0.3) is 5.91 Å². The Hall–Kier alpha value is -2.20. The van der Waals surface area contributed by atoms with E-state index in [2.05, 4.69) is 22.3 Å². The van der Waals surface area contributed by atoms with Gasteiger partial charge < -0.3 is 5.32 Å². The summed E-state index contributed by atoms with van der Waals surface area (Å²) < 4.78 is 13.6. The Labute approximate surface area is 142 Å². The fourth-order valence-corrected chi connectivity index (χ4v) is 3.06. The first-order valence-electron chi connectivity index (χ1n) is 8.55. The van der Waals surface area contributed by atoms with Crippen LogP contribution in [0.2, 0.25) is 0 Å². The van der Waals surface area contributed by atoms with Crippen LogP contribution in [-0.4, -0.2) is 23.9 Å². The van der Waals surface area contributed by atoms with E-state index in [-0.39, 0.29) is 11.5 Å². The third-order valence-corrected chi connectivity index (χ3v) is 4.45. The topological polar surface area (TPSA) is 32.3 Å². The van der Waals surface area contributed by atoms with Gasteiger partial charge in [0.2, 0.25) is 0 Å². The zero-order chi connectivity index (χ0) is 16.8. The van der Waals surface area contributed by atoms with Crippen LogP contribution in [0.3, 0.4) is 0 Å². The molecule has 1 heterocycles. The van der Waals surface area contributed by atoms with Gasteiger partial charge in [0, 0.05) is 13.1 Å². The molecule has 0 aliphatic carbocycles. The smallest absolute Gasteiger partial charge is 0.254 e. The molecule has 1 aliphatic rings. The fraction of sp³-hybridized carbons (Fsp3) is 0.350. The predicted octanol–water partition coefficient (Wildman–Crippen LogP) is 3.74. The fourth-order valence-electron chi connectivity index (χ4n) is 3.06. The lowest BCUT2D eigenvalue weighted by Crippen LogP contribution is -2.29. The molecule has 1 fully saturated rings. The Kier molecular flexibility index (Phi) is 5.59. The maximum absolute atomic E-state index is 13.6. The number of likely N-dealkylation sites (tertiary alicyclic amines) is 1. The lowest BCUT2D eigenvalue weighted by Gasteiger charge is -2.26. The number of carbonyl (C=O) groups excluding carboxylic acids is 1. The molecule has 2 aromatic carbocycles. The van der Waals surface area contributed by atoms with Crippen molar-refractivity contribution in [3.05, 3.63) is 71.0 Å². The molecule has 1 aliphatic heterocycles. The highest BCUT2D eigenvalue weighted by Gasteiger charge is 2.11. The molecule has 0 atom stereocenters. The summed E-state index contributed by atoms with van der Waals surface area (Å²) in [6.07, 6.45) is 3.93. The van der Waals surface area contributed by atoms with Crippen molar-refractivity contribution < 1.29 is 9.18 Å². The van der Waals surface area contributed by atoms with Crippen molar-refractivity contribution >= 4 is 5.91 Å². The number of amides is 1. The minimum Gasteiger partial charge on any atom is -0.348 e. The molecule has 126 valence electrons. The number of rotatable bonds is 5. The first kappa shape index (κ1) is 16.7. The molecule has 4 heteroatoms. The van der Waals surface area contributed by atoms with Gasteiger partial charge >= 0.3 is 0 Å². The highest BCUT2D eigenvalue weighted by molar-refractivity contribution is 5.94. The lowest BCUT2D eigenvalue weighted by molar-refractivity contribution is 0.0947. The lowest BCUT2D eigenvalue weighted by atomic mass is 10.1. The predicted molar refractivity (Wildman–Crippen MR) is 93.1 cm³/mol. The van der Waals surface area contributed by atoms with Crippen LogP contribution in [0.4, 0.5) is 4.39 Å². The van der Waals surface area contributed by atoms with Gasteiger partial charge in [0.05, 0.1) is 5.56 Å². The van der Waals surface area contributed by atoms with E-state index in [1.807, 2.05) is 12.1 Å². The molecular weight excluding hydrogens is 303 g/mol. The van der Waals surface area contributed by atoms with E-state index in [4.69, 9.17) is 0 Å². The van der Waals surface area contributed by atoms with Gasteiger partial charge in [0.15, 0.2) is 0 Å². The van der Waals surface area contributed by atoms with Crippen LogP contribution >= 0.6 is 0 Å². The first-order chi connectivity index (χ1) is 11.7. The van der Waals surface area contributed by atoms with Crippen LogP contribution in [0.1, 0.15) is 40.7 Å². The normalized spacial score (nSPS) is 15.2. The standard InChI is InChI=1S/C20H23FN2O/c21-19-7-3-2-6-18(19)20(24)22-14-16-8-10-17(11-9-16)15-23-12-4-1-5-13-23/h2-3,6-11H,1,4-5,12-15H2,(H,22,24). The molecule has 3 rings (SSSR count). The third kappa shape index (κ3) is 4.42. The van der Waals surface area contributed by atoms with E-state index < -0.39 is 5.82 Å². The number of halogens is 1. The summed E-state index contributed by atoms with van der Waals surface area (Å²) in [5.74, 6) is -0.877. The maximum atomic E-state index is 13.6. The number of benzene rings is 2. The van der Waals surface area contributed by atoms with Crippen LogP contribution in [0, 0.1) is 5.82 Å². The van der Waals surface area contributed by atoms with Crippen LogP contribution in [0.5, 0.6) is 0 Å². The van der Waals surface area contributed by atoms with E-state index in [0.717, 1.165) is 12.1 Å². The van der Waals surface area contributed by atoms with Gasteiger partial charge in [0.1, 0.15) is 5.82 Å². The molecular formula is C20H23FN2O. The van der Waals surface area contributed by atoms with Gasteiger partial charge in [-0.3, -0.25) is 9.69 Å². The number of nitrogens with zero attached hydrogens (tertiary/aromatic N) is 1. The molecule has 2 aromatic rings. The Morgan fingerprint density at radius 3 is 2.33 bits per heavy atom. The van der Waals surface area contributed by atoms with Crippen molar-refractivity contribution in [2.45, 2.75) is 32.4 Å². The number of piperidine rings is 1. The molecule has 1 amide bonds. The van der Waals surface area contributed by atoms with Crippen molar-refractivity contribution in [2.24, 2.45) is 0 Å². The summed E-state index contributed by atoms with van der Waals surface area (Å²) in [6, 6.07) is 14.3. The van der Waals surface area contributed by atoms with E-state index in [0.29, 0.717) is 6.54 Å². The Bertz CT molecular complexity index is 678. The zero-order valence-corrected chi connectivity index (χ0v) is 13.8. The van der Waals surface area contributed by atoms with Crippen molar-refractivity contribution in [3.8, 4) is 0 Å². The second kappa shape index (κ2) is 8.06. The summed E-state index contributed by atoms with van der Waals surface area (Å²) >= 11 is 0. The molecule has 0 radical (unpaired) electrons. The summed E-state index contributed by atoms with van der Waals surface area (Å²) in [5.41, 5.74) is 2.39. The number of hydrogen-bond acceptors (Lipinski definition) is 2. The van der Waals surface area contributed by atoms with Gasteiger partial charge in [-0.2, -0.15) is 0 Å². The monoisotopic (exact) mass is 326 g/mol. The molecule has 24 heavy (non-hydrogen) atoms. The van der Waals surface area contributed by atoms with Gasteiger partial charge in [-0.05, 0) is 49.2 Å².